The Kier molecular flexibility index (Phi) is 6.88. The van der Waals surface area contributed by atoms with Crippen molar-refractivity contribution < 1.29 is 42.5 Å². The topological polar surface area (TPSA) is 89.5 Å². The first-order valence-electron chi connectivity index (χ1n) is 11.2. The third kappa shape index (κ3) is 4.64. The van der Waals surface area contributed by atoms with Crippen LogP contribution in [0, 0.1) is 0 Å². The highest BCUT2D eigenvalue weighted by atomic mass is 16.7. The van der Waals surface area contributed by atoms with Gasteiger partial charge in [-0.2, -0.15) is 0 Å². The van der Waals surface area contributed by atoms with Gasteiger partial charge in [-0.05, 0) is 35.9 Å². The summed E-state index contributed by atoms with van der Waals surface area (Å²) in [7, 11) is 8.08. The summed E-state index contributed by atoms with van der Waals surface area (Å²) in [6.45, 7) is 1.35. The number of esters is 1. The van der Waals surface area contributed by atoms with Gasteiger partial charge >= 0.3 is 5.97 Å². The number of methoxy groups -OCH3 is 4. The molecule has 0 aromatic heterocycles. The molecule has 2 heterocycles. The predicted molar refractivity (Wildman–Crippen MR) is 127 cm³/mol. The zero-order valence-corrected chi connectivity index (χ0v) is 20.6. The van der Waals surface area contributed by atoms with Gasteiger partial charge in [-0.1, -0.05) is 0 Å². The van der Waals surface area contributed by atoms with Crippen LogP contribution in [0.3, 0.4) is 0 Å². The molecule has 35 heavy (non-hydrogen) atoms. The van der Waals surface area contributed by atoms with Crippen molar-refractivity contribution in [3.05, 3.63) is 46.5 Å². The second kappa shape index (κ2) is 9.87. The third-order valence-electron chi connectivity index (χ3n) is 6.47. The minimum absolute atomic E-state index is 0.00340. The van der Waals surface area contributed by atoms with Crippen molar-refractivity contribution in [1.29, 1.82) is 0 Å². The summed E-state index contributed by atoms with van der Waals surface area (Å²) in [5.74, 6) is 2.09. The van der Waals surface area contributed by atoms with Crippen LogP contribution in [-0.2, 0) is 22.5 Å². The number of hydrogen-bond acceptors (Lipinski definition) is 8. The molecule has 9 nitrogen and oxygen atoms in total. The van der Waals surface area contributed by atoms with Gasteiger partial charge in [0.25, 0.3) is 0 Å². The normalized spacial score (nSPS) is 18.2. The average Bonchev–Trinajstić information content (AvgIpc) is 3.34. The highest BCUT2D eigenvalue weighted by Crippen LogP contribution is 2.50. The highest BCUT2D eigenvalue weighted by Gasteiger charge is 2.40. The number of likely N-dealkylation sites (N-methyl/N-ethyl adjacent to an activating group) is 1. The third-order valence-corrected chi connectivity index (χ3v) is 6.47. The molecule has 2 aromatic carbocycles. The highest BCUT2D eigenvalue weighted by molar-refractivity contribution is 6.11. The number of rotatable bonds is 8. The summed E-state index contributed by atoms with van der Waals surface area (Å²) in [5.41, 5.74) is 2.85. The Morgan fingerprint density at radius 3 is 2.49 bits per heavy atom. The molecule has 0 N–H and O–H groups in total. The number of hydrogen-bond donors (Lipinski definition) is 0. The number of benzene rings is 2. The van der Waals surface area contributed by atoms with Gasteiger partial charge in [0.15, 0.2) is 23.8 Å². The van der Waals surface area contributed by atoms with E-state index in [9.17, 15) is 9.59 Å². The maximum atomic E-state index is 13.6. The second-order valence-electron chi connectivity index (χ2n) is 8.72. The summed E-state index contributed by atoms with van der Waals surface area (Å²) >= 11 is 0. The van der Waals surface area contributed by atoms with Crippen LogP contribution in [0.1, 0.15) is 27.0 Å². The molecule has 2 aliphatic rings. The van der Waals surface area contributed by atoms with E-state index in [1.54, 1.807) is 45.6 Å². The van der Waals surface area contributed by atoms with Crippen LogP contribution in [-0.4, -0.2) is 71.6 Å². The molecule has 4 rings (SSSR count). The van der Waals surface area contributed by atoms with Gasteiger partial charge in [0, 0.05) is 12.0 Å². The Hall–Kier alpha value is -3.72. The minimum Gasteiger partial charge on any atom is -0.497 e. The summed E-state index contributed by atoms with van der Waals surface area (Å²) in [4.78, 5) is 25.6. The lowest BCUT2D eigenvalue weighted by atomic mass is 9.88. The molecule has 0 amide bonds. The minimum atomic E-state index is -0.290. The number of nitrogens with zero attached hydrogens (tertiary/aromatic N) is 1. The van der Waals surface area contributed by atoms with Crippen LogP contribution in [0.15, 0.2) is 24.3 Å². The fraction of sp³-hybridized carbons (Fsp3) is 0.385. The SMILES string of the molecule is COC(=O)C[N+]1(C)CCc2c(c(OC)c3c(c2C(=O)/C=C/c2cc(OC)ccc2OC)OCO3)C1. The zero-order valence-electron chi connectivity index (χ0n) is 20.6. The molecule has 9 heteroatoms. The van der Waals surface area contributed by atoms with Crippen molar-refractivity contribution in [1.82, 2.24) is 0 Å². The van der Waals surface area contributed by atoms with Gasteiger partial charge in [0.05, 0.1) is 53.2 Å². The summed E-state index contributed by atoms with van der Waals surface area (Å²) in [5, 5.41) is 0. The fourth-order valence-electron chi connectivity index (χ4n) is 4.69. The van der Waals surface area contributed by atoms with Crippen LogP contribution >= 0.6 is 0 Å². The van der Waals surface area contributed by atoms with Crippen LogP contribution in [0.4, 0.5) is 0 Å². The van der Waals surface area contributed by atoms with Crippen LogP contribution in [0.2, 0.25) is 0 Å². The predicted octanol–water partition coefficient (Wildman–Crippen LogP) is 3.01. The van der Waals surface area contributed by atoms with Crippen molar-refractivity contribution in [3.63, 3.8) is 0 Å². The molecule has 1 unspecified atom stereocenters. The average molecular weight is 485 g/mol. The monoisotopic (exact) mass is 484 g/mol. The van der Waals surface area contributed by atoms with Crippen molar-refractivity contribution >= 4 is 17.8 Å². The van der Waals surface area contributed by atoms with Gasteiger partial charge < -0.3 is 32.9 Å². The number of fused-ring (bicyclic) bond motifs is 2. The fourth-order valence-corrected chi connectivity index (χ4v) is 4.69. The van der Waals surface area contributed by atoms with Gasteiger partial charge in [-0.15, -0.1) is 0 Å². The molecule has 0 spiro atoms. The Labute approximate surface area is 204 Å². The molecule has 0 saturated heterocycles. The van der Waals surface area contributed by atoms with Crippen LogP contribution in [0.5, 0.6) is 28.7 Å². The molecule has 1 atom stereocenters. The molecular formula is C26H30NO8+. The summed E-state index contributed by atoms with van der Waals surface area (Å²) in [6.07, 6.45) is 3.76. The van der Waals surface area contributed by atoms with Gasteiger partial charge in [0.1, 0.15) is 18.0 Å². The first-order valence-corrected chi connectivity index (χ1v) is 11.2. The maximum Gasteiger partial charge on any atom is 0.361 e. The van der Waals surface area contributed by atoms with Gasteiger partial charge in [-0.3, -0.25) is 4.79 Å². The number of allylic oxidation sites excluding steroid dienone is 1. The number of quaternary nitrogens is 1. The number of ketones is 1. The first-order chi connectivity index (χ1) is 16.8. The molecule has 0 bridgehead atoms. The standard InChI is InChI=1S/C26H30NO8/c1-27(14-22(29)32-4)11-10-18-19(13-27)24(33-5)26-25(34-15-35-26)23(18)20(28)8-6-16-12-17(30-2)7-9-21(16)31-3/h6-9,12H,10-11,13-15H2,1-5H3/q+1/b8-6+. The molecule has 0 radical (unpaired) electrons. The van der Waals surface area contributed by atoms with E-state index in [1.165, 1.54) is 13.2 Å². The van der Waals surface area contributed by atoms with E-state index >= 15 is 0 Å². The lowest BCUT2D eigenvalue weighted by Crippen LogP contribution is -2.51. The molecular weight excluding hydrogens is 454 g/mol. The second-order valence-corrected chi connectivity index (χ2v) is 8.72. The van der Waals surface area contributed by atoms with E-state index in [0.717, 1.165) is 11.1 Å². The van der Waals surface area contributed by atoms with Crippen molar-refractivity contribution in [2.24, 2.45) is 0 Å². The molecule has 2 aliphatic heterocycles. The van der Waals surface area contributed by atoms with E-state index in [-0.39, 0.29) is 25.1 Å². The lowest BCUT2D eigenvalue weighted by molar-refractivity contribution is -0.917. The van der Waals surface area contributed by atoms with Crippen molar-refractivity contribution in [2.75, 3.05) is 55.4 Å². The van der Waals surface area contributed by atoms with Gasteiger partial charge in [-0.25, -0.2) is 4.79 Å². The Bertz CT molecular complexity index is 1190. The molecule has 2 aromatic rings. The maximum absolute atomic E-state index is 13.6. The first kappa shape index (κ1) is 24.4. The smallest absolute Gasteiger partial charge is 0.361 e. The quantitative estimate of drug-likeness (QED) is 0.245. The summed E-state index contributed by atoms with van der Waals surface area (Å²) < 4.78 is 33.2. The van der Waals surface area contributed by atoms with Crippen LogP contribution in [0.25, 0.3) is 6.08 Å². The van der Waals surface area contributed by atoms with E-state index in [0.29, 0.717) is 63.9 Å². The molecule has 186 valence electrons. The lowest BCUT2D eigenvalue weighted by Gasteiger charge is -2.38. The van der Waals surface area contributed by atoms with Crippen LogP contribution < -0.4 is 23.7 Å². The number of carbonyl (C=O) groups excluding carboxylic acids is 2. The van der Waals surface area contributed by atoms with E-state index in [4.69, 9.17) is 28.4 Å². The van der Waals surface area contributed by atoms with E-state index in [2.05, 4.69) is 0 Å². The summed E-state index contributed by atoms with van der Waals surface area (Å²) in [6, 6.07) is 5.37. The molecule has 0 fully saturated rings. The molecule has 0 aliphatic carbocycles. The Balaban J connectivity index is 1.77. The number of ether oxygens (including phenoxy) is 6. The van der Waals surface area contributed by atoms with E-state index in [1.807, 2.05) is 7.05 Å². The van der Waals surface area contributed by atoms with Crippen molar-refractivity contribution in [2.45, 2.75) is 13.0 Å². The van der Waals surface area contributed by atoms with Gasteiger partial charge in [0.2, 0.25) is 12.5 Å². The Morgan fingerprint density at radius 1 is 1.03 bits per heavy atom. The van der Waals surface area contributed by atoms with E-state index < -0.39 is 0 Å². The molecule has 0 saturated carbocycles. The zero-order chi connectivity index (χ0) is 25.2. The van der Waals surface area contributed by atoms with Crippen molar-refractivity contribution in [3.8, 4) is 28.7 Å². The Morgan fingerprint density at radius 2 is 1.80 bits per heavy atom. The largest absolute Gasteiger partial charge is 0.497 e. The number of carbonyl (C=O) groups is 2.